The van der Waals surface area contributed by atoms with E-state index in [9.17, 15) is 4.79 Å². The summed E-state index contributed by atoms with van der Waals surface area (Å²) in [6, 6.07) is 11.7. The molecule has 0 aliphatic carbocycles. The van der Waals surface area contributed by atoms with Crippen LogP contribution in [0.3, 0.4) is 0 Å². The molecule has 25 heavy (non-hydrogen) atoms. The molecule has 1 N–H and O–H groups in total. The van der Waals surface area contributed by atoms with Crippen LogP contribution in [0.1, 0.15) is 30.7 Å². The zero-order chi connectivity index (χ0) is 18.0. The number of urea groups is 1. The van der Waals surface area contributed by atoms with Crippen molar-refractivity contribution in [1.82, 2.24) is 10.3 Å². The lowest BCUT2D eigenvalue weighted by Gasteiger charge is -2.20. The number of nitrogens with zero attached hydrogens (tertiary/aromatic N) is 3. The summed E-state index contributed by atoms with van der Waals surface area (Å²) in [5.74, 6) is 0. The summed E-state index contributed by atoms with van der Waals surface area (Å²) in [5.41, 5.74) is 3.75. The number of halogens is 1. The van der Waals surface area contributed by atoms with Gasteiger partial charge in [-0.25, -0.2) is 9.78 Å². The molecule has 0 bridgehead atoms. The van der Waals surface area contributed by atoms with Gasteiger partial charge in [-0.05, 0) is 39.2 Å². The molecule has 1 aromatic heterocycles. The zero-order valence-electron chi connectivity index (χ0n) is 14.6. The first-order chi connectivity index (χ1) is 11.9. The summed E-state index contributed by atoms with van der Waals surface area (Å²) in [7, 11) is 1.75. The maximum Gasteiger partial charge on any atom is 0.322 e. The van der Waals surface area contributed by atoms with Crippen molar-refractivity contribution in [2.24, 2.45) is 4.99 Å². The zero-order valence-corrected chi connectivity index (χ0v) is 16.2. The van der Waals surface area contributed by atoms with Crippen LogP contribution < -0.4 is 10.2 Å². The molecule has 0 unspecified atom stereocenters. The first kappa shape index (κ1) is 17.6. The number of hydrogen-bond acceptors (Lipinski definition) is 3. The molecule has 2 amide bonds. The van der Waals surface area contributed by atoms with Gasteiger partial charge in [-0.3, -0.25) is 9.89 Å². The number of rotatable bonds is 3. The number of aromatic nitrogens is 1. The lowest BCUT2D eigenvalue weighted by molar-refractivity contribution is 0.245. The van der Waals surface area contributed by atoms with Crippen LogP contribution >= 0.6 is 15.9 Å². The normalized spacial score (nSPS) is 15.4. The van der Waals surface area contributed by atoms with Crippen LogP contribution in [0.25, 0.3) is 0 Å². The van der Waals surface area contributed by atoms with E-state index in [0.29, 0.717) is 13.1 Å². The van der Waals surface area contributed by atoms with Crippen LogP contribution in [0.5, 0.6) is 0 Å². The Balaban J connectivity index is 1.70. The van der Waals surface area contributed by atoms with Crippen molar-refractivity contribution >= 4 is 33.9 Å². The van der Waals surface area contributed by atoms with E-state index in [2.05, 4.69) is 45.1 Å². The van der Waals surface area contributed by atoms with E-state index in [1.165, 1.54) is 0 Å². The van der Waals surface area contributed by atoms with Crippen LogP contribution in [0, 0.1) is 0 Å². The number of carbonyl (C=O) groups excluding carboxylic acids is 1. The van der Waals surface area contributed by atoms with Crippen molar-refractivity contribution in [1.29, 1.82) is 0 Å². The molecule has 0 spiro atoms. The Hall–Kier alpha value is -2.21. The fourth-order valence-corrected chi connectivity index (χ4v) is 3.33. The monoisotopic (exact) mass is 400 g/mol. The summed E-state index contributed by atoms with van der Waals surface area (Å²) >= 11 is 3.41. The van der Waals surface area contributed by atoms with E-state index in [4.69, 9.17) is 0 Å². The maximum atomic E-state index is 12.7. The van der Waals surface area contributed by atoms with Gasteiger partial charge < -0.3 is 5.32 Å². The highest BCUT2D eigenvalue weighted by molar-refractivity contribution is 9.10. The second-order valence-electron chi connectivity index (χ2n) is 6.76. The Bertz CT molecular complexity index is 815. The van der Waals surface area contributed by atoms with Gasteiger partial charge in [0, 0.05) is 31.8 Å². The van der Waals surface area contributed by atoms with E-state index >= 15 is 0 Å². The van der Waals surface area contributed by atoms with Gasteiger partial charge in [0.15, 0.2) is 0 Å². The van der Waals surface area contributed by atoms with Crippen molar-refractivity contribution in [3.05, 3.63) is 57.8 Å². The van der Waals surface area contributed by atoms with Crippen LogP contribution in [0.2, 0.25) is 0 Å². The van der Waals surface area contributed by atoms with Crippen LogP contribution in [-0.2, 0) is 12.0 Å². The Morgan fingerprint density at radius 2 is 2.04 bits per heavy atom. The highest BCUT2D eigenvalue weighted by Gasteiger charge is 2.39. The fraction of sp³-hybridized carbons (Fsp3) is 0.316. The smallest absolute Gasteiger partial charge is 0.322 e. The number of fused-ring (bicyclic) bond motifs is 1. The number of amides is 2. The van der Waals surface area contributed by atoms with Crippen LogP contribution in [0.4, 0.5) is 10.5 Å². The van der Waals surface area contributed by atoms with Crippen molar-refractivity contribution < 1.29 is 4.79 Å². The number of carbonyl (C=O) groups is 1. The van der Waals surface area contributed by atoms with Gasteiger partial charge in [0.2, 0.25) is 0 Å². The third-order valence-corrected chi connectivity index (χ3v) is 4.71. The van der Waals surface area contributed by atoms with Gasteiger partial charge in [0.1, 0.15) is 4.60 Å². The van der Waals surface area contributed by atoms with E-state index < -0.39 is 0 Å². The third kappa shape index (κ3) is 3.74. The minimum absolute atomic E-state index is 0.102. The van der Waals surface area contributed by atoms with Gasteiger partial charge in [0.05, 0.1) is 11.4 Å². The lowest BCUT2D eigenvalue weighted by atomic mass is 9.91. The number of benzene rings is 1. The van der Waals surface area contributed by atoms with E-state index in [0.717, 1.165) is 27.1 Å². The number of aliphatic imine (C=N–C) groups is 1. The summed E-state index contributed by atoms with van der Waals surface area (Å²) in [6.45, 7) is 5.31. The average molecular weight is 401 g/mol. The molecule has 0 radical (unpaired) electrons. The molecule has 0 atom stereocenters. The summed E-state index contributed by atoms with van der Waals surface area (Å²) in [5, 5.41) is 3.00. The molecule has 1 aliphatic heterocycles. The maximum absolute atomic E-state index is 12.7. The topological polar surface area (TPSA) is 57.6 Å². The van der Waals surface area contributed by atoms with E-state index in [-0.39, 0.29) is 11.4 Å². The van der Waals surface area contributed by atoms with Crippen molar-refractivity contribution in [2.45, 2.75) is 25.8 Å². The van der Waals surface area contributed by atoms with Gasteiger partial charge in [-0.15, -0.1) is 0 Å². The molecule has 3 rings (SSSR count). The molecule has 2 heterocycles. The minimum atomic E-state index is -0.169. The standard InChI is InChI=1S/C19H21BrN4O/c1-19(2)12-24(15-8-9-16(20)23-17(15)19)18(25)22-11-14-6-4-13(5-7-14)10-21-3/h4-10H,11-12H2,1-3H3,(H,22,25). The van der Waals surface area contributed by atoms with E-state index in [1.807, 2.05) is 36.4 Å². The Labute approximate surface area is 156 Å². The largest absolute Gasteiger partial charge is 0.334 e. The fourth-order valence-electron chi connectivity index (χ4n) is 3.02. The van der Waals surface area contributed by atoms with Crippen LogP contribution in [-0.4, -0.2) is 30.8 Å². The highest BCUT2D eigenvalue weighted by atomic mass is 79.9. The molecule has 2 aromatic rings. The second-order valence-corrected chi connectivity index (χ2v) is 7.57. The van der Waals surface area contributed by atoms with Gasteiger partial charge in [-0.2, -0.15) is 0 Å². The molecule has 0 saturated heterocycles. The van der Waals surface area contributed by atoms with Gasteiger partial charge in [0.25, 0.3) is 0 Å². The molecule has 0 fully saturated rings. The number of anilines is 1. The predicted molar refractivity (Wildman–Crippen MR) is 105 cm³/mol. The molecule has 6 heteroatoms. The molecule has 1 aliphatic rings. The molecular weight excluding hydrogens is 380 g/mol. The Kier molecular flexibility index (Phi) is 4.90. The highest BCUT2D eigenvalue weighted by Crippen LogP contribution is 2.39. The lowest BCUT2D eigenvalue weighted by Crippen LogP contribution is -2.41. The first-order valence-electron chi connectivity index (χ1n) is 8.14. The summed E-state index contributed by atoms with van der Waals surface area (Å²) < 4.78 is 0.789. The van der Waals surface area contributed by atoms with Crippen molar-refractivity contribution in [3.8, 4) is 0 Å². The Morgan fingerprint density at radius 1 is 1.32 bits per heavy atom. The quantitative estimate of drug-likeness (QED) is 0.627. The van der Waals surface area contributed by atoms with E-state index in [1.54, 1.807) is 18.2 Å². The Morgan fingerprint density at radius 3 is 2.72 bits per heavy atom. The minimum Gasteiger partial charge on any atom is -0.334 e. The number of pyridine rings is 1. The SMILES string of the molecule is CN=Cc1ccc(CNC(=O)N2CC(C)(C)c3nc(Br)ccc32)cc1. The first-order valence-corrected chi connectivity index (χ1v) is 8.93. The predicted octanol–water partition coefficient (Wildman–Crippen LogP) is 3.90. The molecule has 0 saturated carbocycles. The second kappa shape index (κ2) is 6.96. The summed E-state index contributed by atoms with van der Waals surface area (Å²) in [6.07, 6.45) is 1.80. The molecular formula is C19H21BrN4O. The van der Waals surface area contributed by atoms with Crippen molar-refractivity contribution in [2.75, 3.05) is 18.5 Å². The number of hydrogen-bond donors (Lipinski definition) is 1. The molecule has 5 nitrogen and oxygen atoms in total. The molecule has 130 valence electrons. The van der Waals surface area contributed by atoms with Gasteiger partial charge in [-0.1, -0.05) is 38.1 Å². The third-order valence-electron chi connectivity index (χ3n) is 4.27. The van der Waals surface area contributed by atoms with Crippen molar-refractivity contribution in [3.63, 3.8) is 0 Å². The molecule has 1 aromatic carbocycles. The summed E-state index contributed by atoms with van der Waals surface area (Å²) in [4.78, 5) is 23.0. The van der Waals surface area contributed by atoms with Crippen LogP contribution in [0.15, 0.2) is 46.0 Å². The average Bonchev–Trinajstić information content (AvgIpc) is 2.85. The van der Waals surface area contributed by atoms with Gasteiger partial charge >= 0.3 is 6.03 Å². The number of nitrogens with one attached hydrogen (secondary N) is 1.